The molecule has 3 N–H and O–H groups in total. The Morgan fingerprint density at radius 3 is 1.90 bits per heavy atom. The average Bonchev–Trinajstić information content (AvgIpc) is 2.34. The molecule has 0 fully saturated rings. The van der Waals surface area contributed by atoms with Crippen molar-refractivity contribution in [2.75, 3.05) is 5.75 Å². The topological polar surface area (TPSA) is 60.7 Å². The van der Waals surface area contributed by atoms with Crippen LogP contribution in [0, 0.1) is 0 Å². The third kappa shape index (κ3) is 4.15. The lowest BCUT2D eigenvalue weighted by atomic mass is 9.78. The molecule has 0 saturated carbocycles. The Hall–Kier alpha value is -0.710. The van der Waals surface area contributed by atoms with E-state index in [2.05, 4.69) is 33.4 Å². The maximum Gasteiger partial charge on any atom is 0.125 e. The fourth-order valence-electron chi connectivity index (χ4n) is 2.19. The van der Waals surface area contributed by atoms with Crippen molar-refractivity contribution < 1.29 is 15.3 Å². The van der Waals surface area contributed by atoms with Gasteiger partial charge in [-0.05, 0) is 28.0 Å². The smallest absolute Gasteiger partial charge is 0.125 e. The maximum absolute atomic E-state index is 10.5. The van der Waals surface area contributed by atoms with Crippen LogP contribution in [0.4, 0.5) is 0 Å². The summed E-state index contributed by atoms with van der Waals surface area (Å²) in [5.74, 6) is 0.189. The fraction of sp³-hybridized carbons (Fsp3) is 0.647. The largest absolute Gasteiger partial charge is 0.507 e. The number of hydrogen-bond donors (Lipinski definition) is 4. The van der Waals surface area contributed by atoms with Gasteiger partial charge in [0, 0.05) is 11.3 Å². The van der Waals surface area contributed by atoms with Gasteiger partial charge < -0.3 is 15.3 Å². The lowest BCUT2D eigenvalue weighted by Crippen LogP contribution is -2.23. The van der Waals surface area contributed by atoms with Crippen LogP contribution in [0.1, 0.15) is 64.3 Å². The number of phenolic OH excluding ortho intramolecular Hbond substituents is 1. The van der Waals surface area contributed by atoms with E-state index in [0.717, 1.165) is 11.1 Å². The van der Waals surface area contributed by atoms with E-state index in [0.29, 0.717) is 5.56 Å². The van der Waals surface area contributed by atoms with Gasteiger partial charge in [-0.1, -0.05) is 47.6 Å². The molecule has 0 aliphatic carbocycles. The number of hydrogen-bond acceptors (Lipinski definition) is 4. The van der Waals surface area contributed by atoms with E-state index in [-0.39, 0.29) is 22.3 Å². The summed E-state index contributed by atoms with van der Waals surface area (Å²) in [4.78, 5) is 0. The van der Waals surface area contributed by atoms with Crippen LogP contribution in [0.25, 0.3) is 0 Å². The molecule has 4 heteroatoms. The van der Waals surface area contributed by atoms with Crippen molar-refractivity contribution in [1.29, 1.82) is 0 Å². The van der Waals surface area contributed by atoms with Crippen LogP contribution in [0.5, 0.6) is 5.75 Å². The number of thiol groups is 1. The molecule has 0 aromatic heterocycles. The van der Waals surface area contributed by atoms with Gasteiger partial charge in [-0.2, -0.15) is 12.6 Å². The number of aliphatic hydroxyl groups is 2. The molecule has 0 aliphatic heterocycles. The molecule has 0 spiro atoms. The maximum atomic E-state index is 10.5. The van der Waals surface area contributed by atoms with Crippen molar-refractivity contribution in [2.24, 2.45) is 0 Å². The molecule has 1 aromatic rings. The zero-order chi connectivity index (χ0) is 16.6. The predicted molar refractivity (Wildman–Crippen MR) is 90.3 cm³/mol. The number of aromatic hydroxyl groups is 1. The second-order valence-corrected chi connectivity index (χ2v) is 8.02. The Morgan fingerprint density at radius 2 is 1.52 bits per heavy atom. The van der Waals surface area contributed by atoms with E-state index in [9.17, 15) is 15.3 Å². The Morgan fingerprint density at radius 1 is 1.00 bits per heavy atom. The SMILES string of the molecule is CC(C)(C)c1cc(C(O)C(O)CS)c(O)c(C(C)(C)C)c1. The van der Waals surface area contributed by atoms with Crippen molar-refractivity contribution in [3.05, 3.63) is 28.8 Å². The molecule has 2 unspecified atom stereocenters. The minimum Gasteiger partial charge on any atom is -0.507 e. The van der Waals surface area contributed by atoms with Gasteiger partial charge in [0.2, 0.25) is 0 Å². The highest BCUT2D eigenvalue weighted by Crippen LogP contribution is 2.40. The van der Waals surface area contributed by atoms with E-state index in [1.807, 2.05) is 26.8 Å². The van der Waals surface area contributed by atoms with Gasteiger partial charge in [0.05, 0.1) is 6.10 Å². The van der Waals surface area contributed by atoms with Crippen LogP contribution in [0.3, 0.4) is 0 Å². The molecule has 0 heterocycles. The number of phenols is 1. The van der Waals surface area contributed by atoms with Crippen LogP contribution >= 0.6 is 12.6 Å². The lowest BCUT2D eigenvalue weighted by molar-refractivity contribution is 0.0320. The highest BCUT2D eigenvalue weighted by molar-refractivity contribution is 7.80. The van der Waals surface area contributed by atoms with E-state index in [1.54, 1.807) is 6.07 Å². The monoisotopic (exact) mass is 312 g/mol. The summed E-state index contributed by atoms with van der Waals surface area (Å²) in [7, 11) is 0. The van der Waals surface area contributed by atoms with E-state index < -0.39 is 12.2 Å². The van der Waals surface area contributed by atoms with Crippen LogP contribution in [0.2, 0.25) is 0 Å². The Bertz CT molecular complexity index is 498. The summed E-state index contributed by atoms with van der Waals surface area (Å²) in [5.41, 5.74) is 1.79. The third-order valence-corrected chi connectivity index (χ3v) is 4.06. The summed E-state index contributed by atoms with van der Waals surface area (Å²) < 4.78 is 0. The van der Waals surface area contributed by atoms with Crippen molar-refractivity contribution >= 4 is 12.6 Å². The number of benzene rings is 1. The van der Waals surface area contributed by atoms with Gasteiger partial charge in [-0.3, -0.25) is 0 Å². The normalized spacial score (nSPS) is 15.9. The molecule has 0 amide bonds. The first kappa shape index (κ1) is 18.3. The van der Waals surface area contributed by atoms with E-state index in [1.165, 1.54) is 0 Å². The summed E-state index contributed by atoms with van der Waals surface area (Å²) >= 11 is 4.01. The molecule has 1 aromatic carbocycles. The summed E-state index contributed by atoms with van der Waals surface area (Å²) in [6, 6.07) is 3.76. The molecule has 0 radical (unpaired) electrons. The molecule has 0 saturated heterocycles. The molecule has 3 nitrogen and oxygen atoms in total. The van der Waals surface area contributed by atoms with Gasteiger partial charge in [0.25, 0.3) is 0 Å². The molecule has 21 heavy (non-hydrogen) atoms. The van der Waals surface area contributed by atoms with Crippen molar-refractivity contribution in [3.63, 3.8) is 0 Å². The molecule has 0 aliphatic rings. The fourth-order valence-corrected chi connectivity index (χ4v) is 2.39. The van der Waals surface area contributed by atoms with Gasteiger partial charge in [0.15, 0.2) is 0 Å². The van der Waals surface area contributed by atoms with Crippen LogP contribution in [-0.2, 0) is 10.8 Å². The quantitative estimate of drug-likeness (QED) is 0.648. The van der Waals surface area contributed by atoms with Crippen LogP contribution in [-0.4, -0.2) is 27.2 Å². The Balaban J connectivity index is 3.56. The molecular formula is C17H28O3S. The second kappa shape index (κ2) is 6.19. The minimum absolute atomic E-state index is 0.0591. The molecule has 0 bridgehead atoms. The lowest BCUT2D eigenvalue weighted by Gasteiger charge is -2.29. The van der Waals surface area contributed by atoms with Gasteiger partial charge in [-0.25, -0.2) is 0 Å². The van der Waals surface area contributed by atoms with Crippen molar-refractivity contribution in [3.8, 4) is 5.75 Å². The zero-order valence-electron chi connectivity index (χ0n) is 13.8. The first-order chi connectivity index (χ1) is 9.39. The number of rotatable bonds is 3. The van der Waals surface area contributed by atoms with Crippen LogP contribution < -0.4 is 0 Å². The summed E-state index contributed by atoms with van der Waals surface area (Å²) in [5, 5.41) is 30.7. The Labute approximate surface area is 133 Å². The summed E-state index contributed by atoms with van der Waals surface area (Å²) in [6.45, 7) is 12.3. The standard InChI is InChI=1S/C17H28O3S/c1-16(2,3)10-7-11(15(20)13(18)9-21)14(19)12(8-10)17(4,5)6/h7-8,13,15,18-21H,9H2,1-6H3. The molecular weight excluding hydrogens is 284 g/mol. The van der Waals surface area contributed by atoms with Gasteiger partial charge >= 0.3 is 0 Å². The van der Waals surface area contributed by atoms with Crippen LogP contribution in [0.15, 0.2) is 12.1 Å². The highest BCUT2D eigenvalue weighted by Gasteiger charge is 2.29. The third-order valence-electron chi connectivity index (χ3n) is 3.68. The van der Waals surface area contributed by atoms with Crippen molar-refractivity contribution in [2.45, 2.75) is 64.6 Å². The van der Waals surface area contributed by atoms with Gasteiger partial charge in [0.1, 0.15) is 11.9 Å². The van der Waals surface area contributed by atoms with E-state index in [4.69, 9.17) is 0 Å². The average molecular weight is 312 g/mol. The zero-order valence-corrected chi connectivity index (χ0v) is 14.7. The minimum atomic E-state index is -1.15. The van der Waals surface area contributed by atoms with Gasteiger partial charge in [-0.15, -0.1) is 0 Å². The highest BCUT2D eigenvalue weighted by atomic mass is 32.1. The first-order valence-corrected chi connectivity index (χ1v) is 7.87. The summed E-state index contributed by atoms with van der Waals surface area (Å²) in [6.07, 6.45) is -2.16. The van der Waals surface area contributed by atoms with E-state index >= 15 is 0 Å². The molecule has 2 atom stereocenters. The second-order valence-electron chi connectivity index (χ2n) is 7.66. The Kier molecular flexibility index (Phi) is 5.40. The predicted octanol–water partition coefficient (Wildman–Crippen LogP) is 3.31. The van der Waals surface area contributed by atoms with Crippen molar-refractivity contribution in [1.82, 2.24) is 0 Å². The number of aliphatic hydroxyl groups excluding tert-OH is 2. The molecule has 1 rings (SSSR count). The first-order valence-electron chi connectivity index (χ1n) is 7.24. The molecule has 120 valence electrons.